The fourth-order valence-corrected chi connectivity index (χ4v) is 3.37. The van der Waals surface area contributed by atoms with Crippen LogP contribution in [-0.2, 0) is 0 Å². The quantitative estimate of drug-likeness (QED) is 0.828. The van der Waals surface area contributed by atoms with E-state index in [4.69, 9.17) is 0 Å². The summed E-state index contributed by atoms with van der Waals surface area (Å²) in [5, 5.41) is 3.69. The van der Waals surface area contributed by atoms with Crippen molar-refractivity contribution in [3.63, 3.8) is 0 Å². The molecule has 1 saturated carbocycles. The van der Waals surface area contributed by atoms with Crippen molar-refractivity contribution >= 4 is 11.3 Å². The maximum Gasteiger partial charge on any atom is 0.123 e. The average Bonchev–Trinajstić information content (AvgIpc) is 3.33. The minimum atomic E-state index is -0.182. The normalized spacial score (nSPS) is 21.0. The molecule has 1 nitrogen and oxygen atoms in total. The van der Waals surface area contributed by atoms with Crippen LogP contribution in [0.1, 0.15) is 30.9 Å². The van der Waals surface area contributed by atoms with Gasteiger partial charge >= 0.3 is 0 Å². The molecule has 0 amide bonds. The molecule has 21 heavy (non-hydrogen) atoms. The van der Waals surface area contributed by atoms with E-state index in [1.54, 1.807) is 12.1 Å². The van der Waals surface area contributed by atoms with Gasteiger partial charge in [0, 0.05) is 11.3 Å². The number of fused-ring (bicyclic) bond motifs is 1. The van der Waals surface area contributed by atoms with Gasteiger partial charge in [-0.2, -0.15) is 0 Å². The topological polar surface area (TPSA) is 12.0 Å². The third-order valence-corrected chi connectivity index (χ3v) is 4.59. The van der Waals surface area contributed by atoms with Crippen LogP contribution in [0.4, 0.5) is 10.1 Å². The lowest BCUT2D eigenvalue weighted by Gasteiger charge is -2.31. The Kier molecular flexibility index (Phi) is 2.85. The van der Waals surface area contributed by atoms with Crippen LogP contribution in [0.15, 0.2) is 54.1 Å². The van der Waals surface area contributed by atoms with Gasteiger partial charge < -0.3 is 5.32 Å². The number of para-hydroxylation sites is 1. The van der Waals surface area contributed by atoms with Crippen molar-refractivity contribution in [3.8, 4) is 0 Å². The Morgan fingerprint density at radius 1 is 1.00 bits per heavy atom. The van der Waals surface area contributed by atoms with E-state index in [-0.39, 0.29) is 5.82 Å². The lowest BCUT2D eigenvalue weighted by molar-refractivity contribution is 0.627. The number of halogens is 1. The molecule has 2 heteroatoms. The van der Waals surface area contributed by atoms with Crippen molar-refractivity contribution in [1.82, 2.24) is 0 Å². The first-order valence-electron chi connectivity index (χ1n) is 7.56. The Balaban J connectivity index is 1.90. The first kappa shape index (κ1) is 12.6. The number of hydrogen-bond donors (Lipinski definition) is 1. The van der Waals surface area contributed by atoms with E-state index < -0.39 is 0 Å². The predicted octanol–water partition coefficient (Wildman–Crippen LogP) is 4.85. The summed E-state index contributed by atoms with van der Waals surface area (Å²) >= 11 is 0. The summed E-state index contributed by atoms with van der Waals surface area (Å²) in [6, 6.07) is 15.7. The molecule has 1 fully saturated rings. The van der Waals surface area contributed by atoms with Gasteiger partial charge in [-0.3, -0.25) is 0 Å². The van der Waals surface area contributed by atoms with E-state index in [0.29, 0.717) is 6.04 Å². The highest BCUT2D eigenvalue weighted by Gasteiger charge is 2.36. The zero-order valence-electron chi connectivity index (χ0n) is 12.1. The van der Waals surface area contributed by atoms with Gasteiger partial charge in [0.1, 0.15) is 5.82 Å². The van der Waals surface area contributed by atoms with Gasteiger partial charge in [-0.25, -0.2) is 4.39 Å². The van der Waals surface area contributed by atoms with Crippen molar-refractivity contribution < 1.29 is 4.39 Å². The summed E-state index contributed by atoms with van der Waals surface area (Å²) in [5.41, 5.74) is 6.16. The molecule has 0 aromatic heterocycles. The standard InChI is InChI=1S/C19H18FN/c1-12-18(13-8-10-15(20)11-9-13)16-4-2-3-5-17(16)21-19(12)14-6-7-14/h2-5,8-11,14,19,21H,6-7H2,1H3. The number of nitrogens with one attached hydrogen (secondary N) is 1. The zero-order chi connectivity index (χ0) is 14.4. The lowest BCUT2D eigenvalue weighted by Crippen LogP contribution is -2.28. The Bertz CT molecular complexity index is 711. The van der Waals surface area contributed by atoms with E-state index in [2.05, 4.69) is 36.5 Å². The average molecular weight is 279 g/mol. The van der Waals surface area contributed by atoms with E-state index in [1.807, 2.05) is 12.1 Å². The SMILES string of the molecule is CC1=C(c2ccc(F)cc2)c2ccccc2NC1C1CC1. The zero-order valence-corrected chi connectivity index (χ0v) is 12.1. The molecule has 2 aliphatic rings. The minimum absolute atomic E-state index is 0.182. The van der Waals surface area contributed by atoms with E-state index in [1.165, 1.54) is 35.2 Å². The van der Waals surface area contributed by atoms with Crippen LogP contribution in [-0.4, -0.2) is 6.04 Å². The third kappa shape index (κ3) is 2.15. The lowest BCUT2D eigenvalue weighted by atomic mass is 9.85. The summed E-state index contributed by atoms with van der Waals surface area (Å²) in [5.74, 6) is 0.562. The van der Waals surface area contributed by atoms with Gasteiger partial charge in [0.05, 0.1) is 6.04 Å². The summed E-state index contributed by atoms with van der Waals surface area (Å²) in [4.78, 5) is 0. The summed E-state index contributed by atoms with van der Waals surface area (Å²) < 4.78 is 13.2. The molecule has 2 aromatic carbocycles. The molecule has 1 atom stereocenters. The Labute approximate surface area is 124 Å². The van der Waals surface area contributed by atoms with Crippen molar-refractivity contribution in [2.24, 2.45) is 5.92 Å². The monoisotopic (exact) mass is 279 g/mol. The van der Waals surface area contributed by atoms with Crippen LogP contribution < -0.4 is 5.32 Å². The second kappa shape index (κ2) is 4.73. The van der Waals surface area contributed by atoms with Crippen molar-refractivity contribution in [1.29, 1.82) is 0 Å². The summed E-state index contributed by atoms with van der Waals surface area (Å²) in [6.07, 6.45) is 2.60. The number of anilines is 1. The molecule has 1 heterocycles. The van der Waals surface area contributed by atoms with Gasteiger partial charge in [0.25, 0.3) is 0 Å². The molecular weight excluding hydrogens is 261 g/mol. The van der Waals surface area contributed by atoms with Gasteiger partial charge in [0.15, 0.2) is 0 Å². The molecular formula is C19H18FN. The summed E-state index contributed by atoms with van der Waals surface area (Å²) in [7, 11) is 0. The molecule has 0 radical (unpaired) electrons. The smallest absolute Gasteiger partial charge is 0.123 e. The van der Waals surface area contributed by atoms with Crippen LogP contribution in [0.2, 0.25) is 0 Å². The van der Waals surface area contributed by atoms with Gasteiger partial charge in [-0.1, -0.05) is 30.3 Å². The van der Waals surface area contributed by atoms with Crippen LogP contribution in [0.25, 0.3) is 5.57 Å². The molecule has 106 valence electrons. The van der Waals surface area contributed by atoms with E-state index in [0.717, 1.165) is 11.5 Å². The molecule has 2 aromatic rings. The molecule has 1 aliphatic heterocycles. The number of benzene rings is 2. The molecule has 1 unspecified atom stereocenters. The van der Waals surface area contributed by atoms with Crippen LogP contribution in [0, 0.1) is 11.7 Å². The first-order chi connectivity index (χ1) is 10.2. The highest BCUT2D eigenvalue weighted by molar-refractivity contribution is 5.91. The number of rotatable bonds is 2. The highest BCUT2D eigenvalue weighted by atomic mass is 19.1. The maximum absolute atomic E-state index is 13.2. The molecule has 1 N–H and O–H groups in total. The largest absolute Gasteiger partial charge is 0.378 e. The fraction of sp³-hybridized carbons (Fsp3) is 0.263. The van der Waals surface area contributed by atoms with Gasteiger partial charge in [0.2, 0.25) is 0 Å². The first-order valence-corrected chi connectivity index (χ1v) is 7.56. The van der Waals surface area contributed by atoms with Crippen molar-refractivity contribution in [2.75, 3.05) is 5.32 Å². The van der Waals surface area contributed by atoms with Gasteiger partial charge in [-0.05, 0) is 60.6 Å². The molecule has 0 spiro atoms. The van der Waals surface area contributed by atoms with Crippen LogP contribution >= 0.6 is 0 Å². The third-order valence-electron chi connectivity index (χ3n) is 4.59. The van der Waals surface area contributed by atoms with Crippen LogP contribution in [0.5, 0.6) is 0 Å². The minimum Gasteiger partial charge on any atom is -0.378 e. The van der Waals surface area contributed by atoms with Crippen LogP contribution in [0.3, 0.4) is 0 Å². The Morgan fingerprint density at radius 2 is 1.71 bits per heavy atom. The molecule has 4 rings (SSSR count). The van der Waals surface area contributed by atoms with E-state index >= 15 is 0 Å². The highest BCUT2D eigenvalue weighted by Crippen LogP contribution is 2.45. The van der Waals surface area contributed by atoms with Crippen molar-refractivity contribution in [3.05, 3.63) is 71.0 Å². The predicted molar refractivity (Wildman–Crippen MR) is 84.7 cm³/mol. The Morgan fingerprint density at radius 3 is 2.43 bits per heavy atom. The molecule has 0 bridgehead atoms. The van der Waals surface area contributed by atoms with Gasteiger partial charge in [-0.15, -0.1) is 0 Å². The number of hydrogen-bond acceptors (Lipinski definition) is 1. The fourth-order valence-electron chi connectivity index (χ4n) is 3.37. The summed E-state index contributed by atoms with van der Waals surface area (Å²) in [6.45, 7) is 2.21. The van der Waals surface area contributed by atoms with Crippen molar-refractivity contribution in [2.45, 2.75) is 25.8 Å². The van der Waals surface area contributed by atoms with E-state index in [9.17, 15) is 4.39 Å². The molecule has 1 aliphatic carbocycles. The second-order valence-corrected chi connectivity index (χ2v) is 6.07. The Hall–Kier alpha value is -2.09. The molecule has 0 saturated heterocycles. The second-order valence-electron chi connectivity index (χ2n) is 6.07. The maximum atomic E-state index is 13.2.